The predicted octanol–water partition coefficient (Wildman–Crippen LogP) is 1.28. The van der Waals surface area contributed by atoms with Gasteiger partial charge in [0.2, 0.25) is 0 Å². The molecule has 0 amide bonds. The average molecular weight is 200 g/mol. The number of nitrogens with zero attached hydrogens (tertiary/aromatic N) is 3. The third-order valence-corrected chi connectivity index (χ3v) is 1.76. The quantitative estimate of drug-likeness (QED) is 0.799. The molecule has 0 aliphatic carbocycles. The van der Waals surface area contributed by atoms with Crippen LogP contribution in [0.25, 0.3) is 0 Å². The number of hydrogen-bond donors (Lipinski definition) is 1. The summed E-state index contributed by atoms with van der Waals surface area (Å²) < 4.78 is 25.2. The zero-order valence-electron chi connectivity index (χ0n) is 7.88. The highest BCUT2D eigenvalue weighted by molar-refractivity contribution is 5.54. The zero-order valence-corrected chi connectivity index (χ0v) is 7.88. The van der Waals surface area contributed by atoms with Gasteiger partial charge in [0.25, 0.3) is 6.43 Å². The van der Waals surface area contributed by atoms with Crippen molar-refractivity contribution in [3.05, 3.63) is 11.3 Å². The number of anilines is 1. The molecule has 0 aliphatic heterocycles. The molecule has 0 radical (unpaired) electrons. The summed E-state index contributed by atoms with van der Waals surface area (Å²) in [4.78, 5) is 0. The first-order valence-corrected chi connectivity index (χ1v) is 4.02. The van der Waals surface area contributed by atoms with Crippen molar-refractivity contribution in [3.63, 3.8) is 0 Å². The van der Waals surface area contributed by atoms with Gasteiger partial charge in [-0.3, -0.25) is 4.68 Å². The van der Waals surface area contributed by atoms with Crippen LogP contribution >= 0.6 is 0 Å². The highest BCUT2D eigenvalue weighted by atomic mass is 19.3. The first-order valence-electron chi connectivity index (χ1n) is 4.02. The Labute approximate surface area is 80.1 Å². The summed E-state index contributed by atoms with van der Waals surface area (Å²) in [7, 11) is 1.60. The van der Waals surface area contributed by atoms with Crippen LogP contribution in [0.4, 0.5) is 14.6 Å². The molecule has 0 atom stereocenters. The Morgan fingerprint density at radius 3 is 2.79 bits per heavy atom. The fourth-order valence-electron chi connectivity index (χ4n) is 1.17. The molecule has 0 spiro atoms. The largest absolute Gasteiger partial charge is 0.363 e. The molecule has 1 aromatic heterocycles. The van der Waals surface area contributed by atoms with E-state index in [1.807, 2.05) is 6.07 Å². The Hall–Kier alpha value is -1.64. The van der Waals surface area contributed by atoms with Crippen molar-refractivity contribution in [2.24, 2.45) is 7.05 Å². The van der Waals surface area contributed by atoms with Crippen molar-refractivity contribution >= 4 is 5.82 Å². The Bertz CT molecular complexity index is 364. The van der Waals surface area contributed by atoms with Gasteiger partial charge in [0.05, 0.1) is 12.2 Å². The van der Waals surface area contributed by atoms with Gasteiger partial charge >= 0.3 is 0 Å². The Kier molecular flexibility index (Phi) is 3.02. The number of nitrogens with one attached hydrogen (secondary N) is 1. The van der Waals surface area contributed by atoms with Crippen LogP contribution in [0.5, 0.6) is 0 Å². The van der Waals surface area contributed by atoms with E-state index in [-0.39, 0.29) is 0 Å². The minimum absolute atomic E-state index is 0.313. The summed E-state index contributed by atoms with van der Waals surface area (Å²) in [6.07, 6.45) is -2.45. The average Bonchev–Trinajstić information content (AvgIpc) is 2.36. The first-order chi connectivity index (χ1) is 6.56. The number of alkyl halides is 2. The van der Waals surface area contributed by atoms with Gasteiger partial charge in [0, 0.05) is 7.05 Å². The van der Waals surface area contributed by atoms with E-state index in [1.54, 1.807) is 14.0 Å². The molecule has 0 unspecified atom stereocenters. The molecule has 0 saturated heterocycles. The third kappa shape index (κ3) is 1.99. The van der Waals surface area contributed by atoms with Gasteiger partial charge in [-0.25, -0.2) is 8.78 Å². The Morgan fingerprint density at radius 1 is 1.64 bits per heavy atom. The zero-order chi connectivity index (χ0) is 10.7. The van der Waals surface area contributed by atoms with Crippen molar-refractivity contribution in [3.8, 4) is 6.07 Å². The molecule has 0 saturated carbocycles. The second kappa shape index (κ2) is 4.05. The maximum absolute atomic E-state index is 11.9. The normalized spacial score (nSPS) is 10.3. The highest BCUT2D eigenvalue weighted by Crippen LogP contribution is 2.17. The van der Waals surface area contributed by atoms with Gasteiger partial charge in [0.1, 0.15) is 17.5 Å². The van der Waals surface area contributed by atoms with Crippen LogP contribution in [0.2, 0.25) is 0 Å². The summed E-state index contributed by atoms with van der Waals surface area (Å²) in [6.45, 7) is 1.18. The summed E-state index contributed by atoms with van der Waals surface area (Å²) in [5.74, 6) is 0.338. The molecule has 0 aliphatic rings. The Balaban J connectivity index is 2.90. The lowest BCUT2D eigenvalue weighted by Crippen LogP contribution is -2.13. The van der Waals surface area contributed by atoms with E-state index in [1.165, 1.54) is 4.68 Å². The van der Waals surface area contributed by atoms with Crippen LogP contribution in [0.1, 0.15) is 11.3 Å². The predicted molar refractivity (Wildman–Crippen MR) is 47.2 cm³/mol. The van der Waals surface area contributed by atoms with E-state index in [9.17, 15) is 8.78 Å². The van der Waals surface area contributed by atoms with Gasteiger partial charge in [0.15, 0.2) is 0 Å². The second-order valence-corrected chi connectivity index (χ2v) is 2.82. The van der Waals surface area contributed by atoms with Crippen LogP contribution in [0, 0.1) is 18.3 Å². The number of hydrogen-bond acceptors (Lipinski definition) is 3. The fourth-order valence-corrected chi connectivity index (χ4v) is 1.17. The van der Waals surface area contributed by atoms with Crippen LogP contribution in [-0.4, -0.2) is 22.8 Å². The monoisotopic (exact) mass is 200 g/mol. The molecule has 14 heavy (non-hydrogen) atoms. The fraction of sp³-hybridized carbons (Fsp3) is 0.500. The molecule has 1 aromatic rings. The lowest BCUT2D eigenvalue weighted by Gasteiger charge is -2.05. The van der Waals surface area contributed by atoms with Gasteiger partial charge in [-0.15, -0.1) is 0 Å². The van der Waals surface area contributed by atoms with Crippen molar-refractivity contribution in [2.45, 2.75) is 13.3 Å². The molecule has 0 fully saturated rings. The van der Waals surface area contributed by atoms with Crippen LogP contribution in [0.15, 0.2) is 0 Å². The van der Waals surface area contributed by atoms with Crippen molar-refractivity contribution in [1.29, 1.82) is 5.26 Å². The van der Waals surface area contributed by atoms with Crippen molar-refractivity contribution in [1.82, 2.24) is 9.78 Å². The summed E-state index contributed by atoms with van der Waals surface area (Å²) >= 11 is 0. The van der Waals surface area contributed by atoms with Crippen LogP contribution in [-0.2, 0) is 7.05 Å². The number of rotatable bonds is 3. The van der Waals surface area contributed by atoms with Crippen molar-refractivity contribution in [2.75, 3.05) is 11.9 Å². The molecule has 1 heterocycles. The molecular weight excluding hydrogens is 190 g/mol. The minimum atomic E-state index is -2.45. The third-order valence-electron chi connectivity index (χ3n) is 1.76. The molecule has 1 N–H and O–H groups in total. The molecule has 0 bridgehead atoms. The van der Waals surface area contributed by atoms with Gasteiger partial charge in [-0.2, -0.15) is 10.4 Å². The Morgan fingerprint density at radius 2 is 2.29 bits per heavy atom. The molecular formula is C8H10F2N4. The number of aryl methyl sites for hydroxylation is 2. The maximum Gasteiger partial charge on any atom is 0.255 e. The van der Waals surface area contributed by atoms with Gasteiger partial charge in [-0.05, 0) is 6.92 Å². The summed E-state index contributed by atoms with van der Waals surface area (Å²) in [6, 6.07) is 1.92. The van der Waals surface area contributed by atoms with E-state index < -0.39 is 13.0 Å². The number of nitriles is 1. The van der Waals surface area contributed by atoms with E-state index in [0.29, 0.717) is 17.1 Å². The van der Waals surface area contributed by atoms with E-state index in [2.05, 4.69) is 10.4 Å². The number of halogens is 2. The minimum Gasteiger partial charge on any atom is -0.363 e. The molecule has 0 aromatic carbocycles. The molecule has 76 valence electrons. The van der Waals surface area contributed by atoms with E-state index in [0.717, 1.165) is 0 Å². The summed E-state index contributed by atoms with van der Waals surface area (Å²) in [5.41, 5.74) is 0.847. The maximum atomic E-state index is 11.9. The van der Waals surface area contributed by atoms with Gasteiger partial charge < -0.3 is 5.32 Å². The standard InChI is InChI=1S/C8H10F2N4/c1-5-6(3-11)8(14(2)13-5)12-4-7(9)10/h7,12H,4H2,1-2H3. The van der Waals surface area contributed by atoms with E-state index >= 15 is 0 Å². The first kappa shape index (κ1) is 10.4. The lowest BCUT2D eigenvalue weighted by atomic mass is 10.2. The van der Waals surface area contributed by atoms with Gasteiger partial charge in [-0.1, -0.05) is 0 Å². The van der Waals surface area contributed by atoms with E-state index in [4.69, 9.17) is 5.26 Å². The molecule has 1 rings (SSSR count). The van der Waals surface area contributed by atoms with Crippen molar-refractivity contribution < 1.29 is 8.78 Å². The smallest absolute Gasteiger partial charge is 0.255 e. The summed E-state index contributed by atoms with van der Waals surface area (Å²) in [5, 5.41) is 15.2. The number of aromatic nitrogens is 2. The van der Waals surface area contributed by atoms with Crippen LogP contribution in [0.3, 0.4) is 0 Å². The highest BCUT2D eigenvalue weighted by Gasteiger charge is 2.13. The molecule has 6 heteroatoms. The second-order valence-electron chi connectivity index (χ2n) is 2.82. The lowest BCUT2D eigenvalue weighted by molar-refractivity contribution is 0.163. The SMILES string of the molecule is Cc1nn(C)c(NCC(F)F)c1C#N. The van der Waals surface area contributed by atoms with Crippen LogP contribution < -0.4 is 5.32 Å². The topological polar surface area (TPSA) is 53.6 Å². The molecule has 4 nitrogen and oxygen atoms in total.